The second kappa shape index (κ2) is 6.63. The van der Waals surface area contributed by atoms with Gasteiger partial charge in [0.25, 0.3) is 0 Å². The molecular weight excluding hydrogens is 331 g/mol. The van der Waals surface area contributed by atoms with Crippen LogP contribution in [0.2, 0.25) is 0 Å². The Morgan fingerprint density at radius 2 is 2.17 bits per heavy atom. The average molecular weight is 347 g/mol. The van der Waals surface area contributed by atoms with Crippen molar-refractivity contribution >= 4 is 17.8 Å². The molecule has 2 heterocycles. The van der Waals surface area contributed by atoms with Crippen LogP contribution in [-0.2, 0) is 15.7 Å². The number of carboxylic acid groups (broad SMARTS) is 1. The number of anilines is 1. The first-order valence-electron chi connectivity index (χ1n) is 7.00. The lowest BCUT2D eigenvalue weighted by Gasteiger charge is -2.23. The second-order valence-electron chi connectivity index (χ2n) is 5.53. The van der Waals surface area contributed by atoms with Gasteiger partial charge in [-0.15, -0.1) is 0 Å². The van der Waals surface area contributed by atoms with Gasteiger partial charge in [-0.3, -0.25) is 10.1 Å². The van der Waals surface area contributed by atoms with Gasteiger partial charge in [0.05, 0.1) is 6.61 Å². The number of carbonyl (C=O) groups excluding carboxylic acids is 1. The lowest BCUT2D eigenvalue weighted by atomic mass is 9.88. The number of aromatic nitrogens is 1. The molecule has 1 aromatic heterocycles. The summed E-state index contributed by atoms with van der Waals surface area (Å²) in [5, 5.41) is 11.6. The van der Waals surface area contributed by atoms with E-state index in [0.717, 1.165) is 12.1 Å². The van der Waals surface area contributed by atoms with E-state index in [1.165, 1.54) is 18.1 Å². The fraction of sp³-hybridized carbons (Fsp3) is 0.500. The Morgan fingerprint density at radius 3 is 2.75 bits per heavy atom. The first-order chi connectivity index (χ1) is 11.2. The van der Waals surface area contributed by atoms with Crippen LogP contribution < -0.4 is 5.32 Å². The number of nitrogens with zero attached hydrogens (tertiary/aromatic N) is 2. The third-order valence-corrected chi connectivity index (χ3v) is 3.79. The van der Waals surface area contributed by atoms with Gasteiger partial charge in [-0.25, -0.2) is 9.78 Å². The monoisotopic (exact) mass is 347 g/mol. The number of amides is 2. The molecule has 1 fully saturated rings. The Labute approximate surface area is 135 Å². The Hall–Kier alpha value is -2.36. The first-order valence-corrected chi connectivity index (χ1v) is 7.00. The van der Waals surface area contributed by atoms with Crippen LogP contribution in [0.25, 0.3) is 0 Å². The minimum Gasteiger partial charge on any atom is -0.481 e. The molecule has 1 unspecified atom stereocenters. The molecule has 1 aliphatic rings. The van der Waals surface area contributed by atoms with Crippen LogP contribution in [0.1, 0.15) is 12.1 Å². The number of ether oxygens (including phenoxy) is 1. The molecule has 0 bridgehead atoms. The molecule has 0 aromatic carbocycles. The van der Waals surface area contributed by atoms with Crippen LogP contribution in [-0.4, -0.2) is 53.8 Å². The van der Waals surface area contributed by atoms with Crippen molar-refractivity contribution in [3.05, 3.63) is 23.9 Å². The number of carbonyl (C=O) groups is 2. The molecule has 132 valence electrons. The second-order valence-corrected chi connectivity index (χ2v) is 5.53. The third kappa shape index (κ3) is 3.75. The van der Waals surface area contributed by atoms with Crippen molar-refractivity contribution < 1.29 is 32.6 Å². The van der Waals surface area contributed by atoms with Crippen molar-refractivity contribution in [1.82, 2.24) is 9.88 Å². The lowest BCUT2D eigenvalue weighted by molar-refractivity contribution is -0.151. The fourth-order valence-electron chi connectivity index (χ4n) is 2.53. The van der Waals surface area contributed by atoms with E-state index in [0.29, 0.717) is 0 Å². The topological polar surface area (TPSA) is 91.8 Å². The highest BCUT2D eigenvalue weighted by Gasteiger charge is 2.46. The average Bonchev–Trinajstić information content (AvgIpc) is 2.93. The number of likely N-dealkylation sites (tertiary alicyclic amines) is 1. The van der Waals surface area contributed by atoms with E-state index in [9.17, 15) is 27.9 Å². The summed E-state index contributed by atoms with van der Waals surface area (Å²) in [6.07, 6.45) is -4.43. The number of pyridine rings is 1. The van der Waals surface area contributed by atoms with Crippen LogP contribution in [0, 0.1) is 5.41 Å². The summed E-state index contributed by atoms with van der Waals surface area (Å²) < 4.78 is 42.8. The fourth-order valence-corrected chi connectivity index (χ4v) is 2.53. The van der Waals surface area contributed by atoms with Crippen molar-refractivity contribution in [2.75, 3.05) is 32.1 Å². The highest BCUT2D eigenvalue weighted by Crippen LogP contribution is 2.32. The van der Waals surface area contributed by atoms with Crippen LogP contribution in [0.3, 0.4) is 0 Å². The first kappa shape index (κ1) is 18.0. The normalized spacial score (nSPS) is 20.9. The SMILES string of the molecule is COCC1(C(=O)O)CCN(C(=O)Nc2cccc(C(F)(F)F)n2)C1. The summed E-state index contributed by atoms with van der Waals surface area (Å²) in [4.78, 5) is 28.1. The number of urea groups is 1. The van der Waals surface area contributed by atoms with E-state index in [1.807, 2.05) is 0 Å². The van der Waals surface area contributed by atoms with Gasteiger partial charge in [0.2, 0.25) is 0 Å². The summed E-state index contributed by atoms with van der Waals surface area (Å²) in [7, 11) is 1.36. The number of nitrogens with one attached hydrogen (secondary N) is 1. The zero-order valence-corrected chi connectivity index (χ0v) is 12.8. The molecule has 0 saturated carbocycles. The molecule has 2 N–H and O–H groups in total. The Kier molecular flexibility index (Phi) is 4.97. The van der Waals surface area contributed by atoms with Crippen LogP contribution in [0.4, 0.5) is 23.8 Å². The summed E-state index contributed by atoms with van der Waals surface area (Å²) in [6, 6.07) is 2.44. The number of hydrogen-bond donors (Lipinski definition) is 2. The van der Waals surface area contributed by atoms with Gasteiger partial charge in [0, 0.05) is 20.2 Å². The molecule has 1 aliphatic heterocycles. The molecule has 1 saturated heterocycles. The summed E-state index contributed by atoms with van der Waals surface area (Å²) in [5.74, 6) is -1.34. The van der Waals surface area contributed by atoms with E-state index in [2.05, 4.69) is 10.3 Å². The van der Waals surface area contributed by atoms with Gasteiger partial charge in [0.15, 0.2) is 0 Å². The highest BCUT2D eigenvalue weighted by molar-refractivity contribution is 5.89. The van der Waals surface area contributed by atoms with Gasteiger partial charge in [-0.2, -0.15) is 13.2 Å². The van der Waals surface area contributed by atoms with Crippen LogP contribution in [0.15, 0.2) is 18.2 Å². The molecule has 1 aromatic rings. The van der Waals surface area contributed by atoms with Gasteiger partial charge < -0.3 is 14.7 Å². The molecule has 0 aliphatic carbocycles. The van der Waals surface area contributed by atoms with Crippen LogP contribution >= 0.6 is 0 Å². The number of rotatable bonds is 4. The lowest BCUT2D eigenvalue weighted by Crippen LogP contribution is -2.41. The molecule has 2 amide bonds. The maximum atomic E-state index is 12.6. The largest absolute Gasteiger partial charge is 0.481 e. The molecule has 7 nitrogen and oxygen atoms in total. The molecule has 10 heteroatoms. The van der Waals surface area contributed by atoms with Crippen LogP contribution in [0.5, 0.6) is 0 Å². The minimum absolute atomic E-state index is 0.0616. The molecule has 0 radical (unpaired) electrons. The van der Waals surface area contributed by atoms with Gasteiger partial charge in [-0.1, -0.05) is 6.07 Å². The molecule has 1 atom stereocenters. The predicted octanol–water partition coefficient (Wildman–Crippen LogP) is 2.06. The zero-order valence-electron chi connectivity index (χ0n) is 12.8. The third-order valence-electron chi connectivity index (χ3n) is 3.79. The Balaban J connectivity index is 2.08. The van der Waals surface area contributed by atoms with Crippen molar-refractivity contribution in [3.8, 4) is 0 Å². The molecule has 24 heavy (non-hydrogen) atoms. The summed E-state index contributed by atoms with van der Waals surface area (Å²) in [6.45, 7) is -0.00462. The van der Waals surface area contributed by atoms with Crippen molar-refractivity contribution in [2.45, 2.75) is 12.6 Å². The standard InChI is InChI=1S/C14H16F3N3O4/c1-24-8-13(11(21)22)5-6-20(7-13)12(23)19-10-4-2-3-9(18-10)14(15,16)17/h2-4H,5-8H2,1H3,(H,21,22)(H,18,19,23). The Morgan fingerprint density at radius 1 is 1.46 bits per heavy atom. The number of carboxylic acids is 1. The van der Waals surface area contributed by atoms with E-state index < -0.39 is 29.3 Å². The molecule has 0 spiro atoms. The smallest absolute Gasteiger partial charge is 0.433 e. The highest BCUT2D eigenvalue weighted by atomic mass is 19.4. The number of aliphatic carboxylic acids is 1. The summed E-state index contributed by atoms with van der Waals surface area (Å²) >= 11 is 0. The number of methoxy groups -OCH3 is 1. The van der Waals surface area contributed by atoms with E-state index >= 15 is 0 Å². The number of hydrogen-bond acceptors (Lipinski definition) is 4. The zero-order chi connectivity index (χ0) is 18.0. The quantitative estimate of drug-likeness (QED) is 0.870. The van der Waals surface area contributed by atoms with E-state index in [-0.39, 0.29) is 31.9 Å². The van der Waals surface area contributed by atoms with Gasteiger partial charge >= 0.3 is 18.2 Å². The maximum Gasteiger partial charge on any atom is 0.433 e. The predicted molar refractivity (Wildman–Crippen MR) is 76.4 cm³/mol. The summed E-state index contributed by atoms with van der Waals surface area (Å²) in [5.41, 5.74) is -2.34. The molecular formula is C14H16F3N3O4. The van der Waals surface area contributed by atoms with Crippen molar-refractivity contribution in [3.63, 3.8) is 0 Å². The van der Waals surface area contributed by atoms with Gasteiger partial charge in [-0.05, 0) is 18.6 Å². The van der Waals surface area contributed by atoms with Crippen molar-refractivity contribution in [1.29, 1.82) is 0 Å². The minimum atomic E-state index is -4.62. The van der Waals surface area contributed by atoms with Crippen molar-refractivity contribution in [2.24, 2.45) is 5.41 Å². The number of halogens is 3. The van der Waals surface area contributed by atoms with E-state index in [1.54, 1.807) is 0 Å². The number of alkyl halides is 3. The maximum absolute atomic E-state index is 12.6. The van der Waals surface area contributed by atoms with Gasteiger partial charge in [0.1, 0.15) is 16.9 Å². The van der Waals surface area contributed by atoms with E-state index in [4.69, 9.17) is 4.74 Å². The molecule has 2 rings (SSSR count). The Bertz CT molecular complexity index is 638.